The molecule has 0 unspecified atom stereocenters. The van der Waals surface area contributed by atoms with Crippen molar-refractivity contribution in [1.29, 1.82) is 0 Å². The summed E-state index contributed by atoms with van der Waals surface area (Å²) in [5.41, 5.74) is 12.9. The summed E-state index contributed by atoms with van der Waals surface area (Å²) in [5.74, 6) is 0.962. The van der Waals surface area contributed by atoms with Gasteiger partial charge in [0, 0.05) is 12.1 Å². The highest BCUT2D eigenvalue weighted by Crippen LogP contribution is 2.36. The van der Waals surface area contributed by atoms with Crippen LogP contribution in [0.3, 0.4) is 0 Å². The van der Waals surface area contributed by atoms with Gasteiger partial charge >= 0.3 is 0 Å². The minimum Gasteiger partial charge on any atom is -0.496 e. The lowest BCUT2D eigenvalue weighted by Gasteiger charge is -2.15. The van der Waals surface area contributed by atoms with Crippen LogP contribution in [-0.4, -0.2) is 7.11 Å². The van der Waals surface area contributed by atoms with Crippen LogP contribution in [0.2, 0.25) is 0 Å². The molecule has 100 valence electrons. The van der Waals surface area contributed by atoms with E-state index in [-0.39, 0.29) is 0 Å². The largest absolute Gasteiger partial charge is 0.496 e. The van der Waals surface area contributed by atoms with E-state index in [0.717, 1.165) is 16.9 Å². The molecule has 0 radical (unpaired) electrons. The summed E-state index contributed by atoms with van der Waals surface area (Å²) in [6.45, 7) is 6.89. The van der Waals surface area contributed by atoms with Gasteiger partial charge < -0.3 is 10.5 Å². The first kappa shape index (κ1) is 13.6. The van der Waals surface area contributed by atoms with Crippen molar-refractivity contribution < 1.29 is 4.74 Å². The normalized spacial score (nSPS) is 10.6. The molecule has 0 aliphatic rings. The van der Waals surface area contributed by atoms with Gasteiger partial charge in [0.25, 0.3) is 0 Å². The molecule has 0 atom stereocenters. The molecule has 19 heavy (non-hydrogen) atoms. The van der Waals surface area contributed by atoms with Crippen LogP contribution in [0.4, 0.5) is 0 Å². The van der Waals surface area contributed by atoms with Crippen LogP contribution in [0, 0.1) is 20.8 Å². The van der Waals surface area contributed by atoms with Crippen LogP contribution in [0.1, 0.15) is 22.3 Å². The standard InChI is InChI=1S/C17H21NO/c1-11-5-7-16(17(19-4)13(11)3)15-8-6-14(10-18)9-12(15)2/h5-9H,10,18H2,1-4H3. The fraction of sp³-hybridized carbons (Fsp3) is 0.294. The van der Waals surface area contributed by atoms with Gasteiger partial charge in [0.05, 0.1) is 7.11 Å². The average Bonchev–Trinajstić information content (AvgIpc) is 2.42. The Morgan fingerprint density at radius 2 is 1.63 bits per heavy atom. The third-order valence-corrected chi connectivity index (χ3v) is 3.70. The smallest absolute Gasteiger partial charge is 0.129 e. The fourth-order valence-corrected chi connectivity index (χ4v) is 2.42. The highest BCUT2D eigenvalue weighted by Gasteiger charge is 2.12. The van der Waals surface area contributed by atoms with Crippen LogP contribution >= 0.6 is 0 Å². The quantitative estimate of drug-likeness (QED) is 0.906. The molecule has 0 aromatic heterocycles. The molecule has 0 amide bonds. The van der Waals surface area contributed by atoms with Crippen molar-refractivity contribution in [2.45, 2.75) is 27.3 Å². The maximum atomic E-state index is 5.68. The lowest BCUT2D eigenvalue weighted by molar-refractivity contribution is 0.413. The molecule has 2 rings (SSSR count). The Bertz CT molecular complexity index is 602. The molecular weight excluding hydrogens is 234 g/mol. The molecular formula is C17H21NO. The minimum atomic E-state index is 0.575. The Morgan fingerprint density at radius 3 is 2.21 bits per heavy atom. The molecule has 0 spiro atoms. The monoisotopic (exact) mass is 255 g/mol. The number of rotatable bonds is 3. The highest BCUT2D eigenvalue weighted by molar-refractivity contribution is 5.75. The van der Waals surface area contributed by atoms with E-state index >= 15 is 0 Å². The van der Waals surface area contributed by atoms with E-state index in [1.807, 2.05) is 0 Å². The van der Waals surface area contributed by atoms with E-state index in [2.05, 4.69) is 51.1 Å². The molecule has 2 N–H and O–H groups in total. The first-order valence-corrected chi connectivity index (χ1v) is 6.52. The van der Waals surface area contributed by atoms with Crippen molar-refractivity contribution >= 4 is 0 Å². The van der Waals surface area contributed by atoms with Crippen LogP contribution in [0.5, 0.6) is 5.75 Å². The number of methoxy groups -OCH3 is 1. The maximum Gasteiger partial charge on any atom is 0.129 e. The molecule has 0 saturated carbocycles. The topological polar surface area (TPSA) is 35.2 Å². The lowest BCUT2D eigenvalue weighted by Crippen LogP contribution is -1.98. The number of nitrogens with two attached hydrogens (primary N) is 1. The predicted octanol–water partition coefficient (Wildman–Crippen LogP) is 3.75. The maximum absolute atomic E-state index is 5.68. The van der Waals surface area contributed by atoms with Gasteiger partial charge in [-0.05, 0) is 48.6 Å². The second-order valence-corrected chi connectivity index (χ2v) is 4.94. The number of benzene rings is 2. The zero-order chi connectivity index (χ0) is 14.0. The Hall–Kier alpha value is -1.80. The summed E-state index contributed by atoms with van der Waals surface area (Å²) in [7, 11) is 1.73. The molecule has 2 nitrogen and oxygen atoms in total. The van der Waals surface area contributed by atoms with Gasteiger partial charge in [0.1, 0.15) is 5.75 Å². The third-order valence-electron chi connectivity index (χ3n) is 3.70. The van der Waals surface area contributed by atoms with Gasteiger partial charge in [-0.2, -0.15) is 0 Å². The molecule has 2 aromatic rings. The van der Waals surface area contributed by atoms with Gasteiger partial charge in [-0.1, -0.05) is 30.3 Å². The van der Waals surface area contributed by atoms with E-state index in [0.29, 0.717) is 6.54 Å². The van der Waals surface area contributed by atoms with Gasteiger partial charge in [-0.25, -0.2) is 0 Å². The molecule has 2 heteroatoms. The van der Waals surface area contributed by atoms with E-state index in [9.17, 15) is 0 Å². The molecule has 2 aromatic carbocycles. The summed E-state index contributed by atoms with van der Waals surface area (Å²) in [6, 6.07) is 10.6. The van der Waals surface area contributed by atoms with Crippen LogP contribution in [0.25, 0.3) is 11.1 Å². The first-order chi connectivity index (χ1) is 9.08. The van der Waals surface area contributed by atoms with E-state index in [4.69, 9.17) is 10.5 Å². The molecule has 0 aliphatic carbocycles. The SMILES string of the molecule is COc1c(-c2ccc(CN)cc2C)ccc(C)c1C. The summed E-state index contributed by atoms with van der Waals surface area (Å²) in [4.78, 5) is 0. The Morgan fingerprint density at radius 1 is 0.947 bits per heavy atom. The lowest BCUT2D eigenvalue weighted by atomic mass is 9.94. The zero-order valence-corrected chi connectivity index (χ0v) is 12.1. The summed E-state index contributed by atoms with van der Waals surface area (Å²) >= 11 is 0. The molecule has 0 bridgehead atoms. The molecule has 0 aliphatic heterocycles. The Balaban J connectivity index is 2.62. The van der Waals surface area contributed by atoms with E-state index in [1.165, 1.54) is 22.3 Å². The third kappa shape index (κ3) is 2.49. The van der Waals surface area contributed by atoms with Gasteiger partial charge in [-0.15, -0.1) is 0 Å². The summed E-state index contributed by atoms with van der Waals surface area (Å²) < 4.78 is 5.60. The van der Waals surface area contributed by atoms with Gasteiger partial charge in [0.2, 0.25) is 0 Å². The Labute approximate surface area is 115 Å². The number of ether oxygens (including phenoxy) is 1. The van der Waals surface area contributed by atoms with Gasteiger partial charge in [-0.3, -0.25) is 0 Å². The van der Waals surface area contributed by atoms with Crippen LogP contribution in [-0.2, 0) is 6.54 Å². The van der Waals surface area contributed by atoms with E-state index in [1.54, 1.807) is 7.11 Å². The van der Waals surface area contributed by atoms with Crippen molar-refractivity contribution in [3.8, 4) is 16.9 Å². The second kappa shape index (κ2) is 5.45. The first-order valence-electron chi connectivity index (χ1n) is 6.52. The second-order valence-electron chi connectivity index (χ2n) is 4.94. The van der Waals surface area contributed by atoms with Crippen molar-refractivity contribution in [3.05, 3.63) is 52.6 Å². The minimum absolute atomic E-state index is 0.575. The molecule has 0 fully saturated rings. The van der Waals surface area contributed by atoms with E-state index < -0.39 is 0 Å². The van der Waals surface area contributed by atoms with Crippen molar-refractivity contribution in [2.75, 3.05) is 7.11 Å². The predicted molar refractivity (Wildman–Crippen MR) is 80.5 cm³/mol. The highest BCUT2D eigenvalue weighted by atomic mass is 16.5. The molecule has 0 saturated heterocycles. The average molecular weight is 255 g/mol. The van der Waals surface area contributed by atoms with Crippen molar-refractivity contribution in [2.24, 2.45) is 5.73 Å². The number of aryl methyl sites for hydroxylation is 2. The number of hydrogen-bond acceptors (Lipinski definition) is 2. The van der Waals surface area contributed by atoms with Crippen molar-refractivity contribution in [1.82, 2.24) is 0 Å². The summed E-state index contributed by atoms with van der Waals surface area (Å²) in [5, 5.41) is 0. The van der Waals surface area contributed by atoms with Crippen LogP contribution < -0.4 is 10.5 Å². The van der Waals surface area contributed by atoms with Crippen LogP contribution in [0.15, 0.2) is 30.3 Å². The Kier molecular flexibility index (Phi) is 3.91. The fourth-order valence-electron chi connectivity index (χ4n) is 2.42. The number of hydrogen-bond donors (Lipinski definition) is 1. The summed E-state index contributed by atoms with van der Waals surface area (Å²) in [6.07, 6.45) is 0. The zero-order valence-electron chi connectivity index (χ0n) is 12.1. The van der Waals surface area contributed by atoms with Crippen molar-refractivity contribution in [3.63, 3.8) is 0 Å². The molecule has 0 heterocycles. The van der Waals surface area contributed by atoms with Gasteiger partial charge in [0.15, 0.2) is 0 Å².